The molecule has 0 spiro atoms. The Morgan fingerprint density at radius 1 is 1.19 bits per heavy atom. The van der Waals surface area contributed by atoms with Gasteiger partial charge < -0.3 is 24.5 Å². The lowest BCUT2D eigenvalue weighted by molar-refractivity contribution is 0.174. The molecule has 3 heterocycles. The van der Waals surface area contributed by atoms with Crippen LogP contribution in [0.5, 0.6) is 11.5 Å². The highest BCUT2D eigenvalue weighted by Crippen LogP contribution is 2.32. The first kappa shape index (κ1) is 17.7. The van der Waals surface area contributed by atoms with Gasteiger partial charge in [-0.25, -0.2) is 4.98 Å². The fourth-order valence-electron chi connectivity index (χ4n) is 2.92. The molecule has 0 fully saturated rings. The van der Waals surface area contributed by atoms with E-state index in [1.165, 1.54) is 5.56 Å². The third kappa shape index (κ3) is 4.16. The molecule has 27 heavy (non-hydrogen) atoms. The van der Waals surface area contributed by atoms with Gasteiger partial charge in [-0.1, -0.05) is 6.07 Å². The lowest BCUT2D eigenvalue weighted by Crippen LogP contribution is -2.37. The van der Waals surface area contributed by atoms with E-state index < -0.39 is 0 Å². The highest BCUT2D eigenvalue weighted by molar-refractivity contribution is 9.10. The largest absolute Gasteiger partial charge is 0.454 e. The predicted molar refractivity (Wildman–Crippen MR) is 107 cm³/mol. The van der Waals surface area contributed by atoms with Crippen LogP contribution in [-0.2, 0) is 13.0 Å². The summed E-state index contributed by atoms with van der Waals surface area (Å²) in [5.74, 6) is 2.37. The van der Waals surface area contributed by atoms with Gasteiger partial charge in [0.15, 0.2) is 17.5 Å². The molecule has 0 radical (unpaired) electrons. The molecule has 8 heteroatoms. The maximum absolute atomic E-state index is 5.42. The SMILES string of the molecule is CN=C(NCCc1ccc2c(c1)OCO2)NCc1cn2cc(Br)ccc2n1. The molecule has 0 aliphatic carbocycles. The number of hydrogen-bond acceptors (Lipinski definition) is 4. The van der Waals surface area contributed by atoms with E-state index in [4.69, 9.17) is 9.47 Å². The Kier molecular flexibility index (Phi) is 5.15. The number of ether oxygens (including phenoxy) is 2. The van der Waals surface area contributed by atoms with Gasteiger partial charge in [0, 0.05) is 30.5 Å². The number of aliphatic imine (C=N–C) groups is 1. The molecule has 0 amide bonds. The van der Waals surface area contributed by atoms with Gasteiger partial charge in [-0.2, -0.15) is 0 Å². The van der Waals surface area contributed by atoms with Crippen LogP contribution >= 0.6 is 15.9 Å². The van der Waals surface area contributed by atoms with Crippen molar-refractivity contribution in [1.82, 2.24) is 20.0 Å². The standard InChI is InChI=1S/C19H20BrN5O2/c1-21-19(22-7-6-13-2-4-16-17(8-13)27-12-26-16)23-9-15-11-25-10-14(20)3-5-18(25)24-15/h2-5,8,10-11H,6-7,9,12H2,1H3,(H2,21,22,23). The normalized spacial score (nSPS) is 13.2. The topological polar surface area (TPSA) is 72.2 Å². The van der Waals surface area contributed by atoms with Gasteiger partial charge in [-0.3, -0.25) is 4.99 Å². The molecule has 0 atom stereocenters. The van der Waals surface area contributed by atoms with E-state index in [0.29, 0.717) is 13.3 Å². The van der Waals surface area contributed by atoms with E-state index in [2.05, 4.69) is 42.6 Å². The van der Waals surface area contributed by atoms with E-state index in [1.54, 1.807) is 7.05 Å². The Balaban J connectivity index is 1.29. The van der Waals surface area contributed by atoms with Crippen molar-refractivity contribution in [1.29, 1.82) is 0 Å². The van der Waals surface area contributed by atoms with E-state index in [-0.39, 0.29) is 0 Å². The number of aromatic nitrogens is 2. The molecule has 4 rings (SSSR count). The molecule has 0 saturated carbocycles. The van der Waals surface area contributed by atoms with Crippen molar-refractivity contribution in [3.05, 3.63) is 58.5 Å². The minimum absolute atomic E-state index is 0.299. The Hall–Kier alpha value is -2.74. The zero-order valence-corrected chi connectivity index (χ0v) is 16.5. The number of nitrogens with one attached hydrogen (secondary N) is 2. The summed E-state index contributed by atoms with van der Waals surface area (Å²) in [5, 5.41) is 6.62. The number of halogens is 1. The van der Waals surface area contributed by atoms with Gasteiger partial charge in [0.05, 0.1) is 12.2 Å². The maximum Gasteiger partial charge on any atom is 0.231 e. The molecule has 7 nitrogen and oxygen atoms in total. The van der Waals surface area contributed by atoms with Gasteiger partial charge in [0.1, 0.15) is 5.65 Å². The first-order valence-corrected chi connectivity index (χ1v) is 9.47. The zero-order valence-electron chi connectivity index (χ0n) is 14.9. The van der Waals surface area contributed by atoms with Gasteiger partial charge >= 0.3 is 0 Å². The van der Waals surface area contributed by atoms with Crippen molar-refractivity contribution in [2.24, 2.45) is 4.99 Å². The second-order valence-electron chi connectivity index (χ2n) is 6.14. The van der Waals surface area contributed by atoms with Crippen LogP contribution in [-0.4, -0.2) is 35.7 Å². The van der Waals surface area contributed by atoms with Gasteiger partial charge in [-0.15, -0.1) is 0 Å². The van der Waals surface area contributed by atoms with Crippen molar-refractivity contribution in [2.75, 3.05) is 20.4 Å². The molecule has 0 bridgehead atoms. The fourth-order valence-corrected chi connectivity index (χ4v) is 3.27. The lowest BCUT2D eigenvalue weighted by Gasteiger charge is -2.11. The maximum atomic E-state index is 5.42. The molecule has 140 valence electrons. The average Bonchev–Trinajstić information content (AvgIpc) is 3.29. The second kappa shape index (κ2) is 7.87. The van der Waals surface area contributed by atoms with E-state index in [1.807, 2.05) is 41.1 Å². The van der Waals surface area contributed by atoms with Gasteiger partial charge in [0.25, 0.3) is 0 Å². The van der Waals surface area contributed by atoms with Crippen LogP contribution in [0.4, 0.5) is 0 Å². The molecule has 2 N–H and O–H groups in total. The van der Waals surface area contributed by atoms with Crippen LogP contribution in [0.3, 0.4) is 0 Å². The first-order chi connectivity index (χ1) is 13.2. The highest BCUT2D eigenvalue weighted by atomic mass is 79.9. The average molecular weight is 430 g/mol. The van der Waals surface area contributed by atoms with Gasteiger partial charge in [-0.05, 0) is 52.2 Å². The lowest BCUT2D eigenvalue weighted by atomic mass is 10.1. The molecule has 0 unspecified atom stereocenters. The summed E-state index contributed by atoms with van der Waals surface area (Å²) < 4.78 is 13.8. The van der Waals surface area contributed by atoms with Crippen LogP contribution in [0.15, 0.2) is 52.2 Å². The van der Waals surface area contributed by atoms with E-state index >= 15 is 0 Å². The van der Waals surface area contributed by atoms with Crippen LogP contribution < -0.4 is 20.1 Å². The molecule has 1 aliphatic heterocycles. The molecule has 1 aromatic carbocycles. The molecule has 0 saturated heterocycles. The van der Waals surface area contributed by atoms with Crippen molar-refractivity contribution >= 4 is 27.5 Å². The number of guanidine groups is 1. The summed E-state index contributed by atoms with van der Waals surface area (Å²) in [6.07, 6.45) is 4.86. The third-order valence-corrected chi connectivity index (χ3v) is 4.74. The minimum Gasteiger partial charge on any atom is -0.454 e. The molecule has 3 aromatic rings. The van der Waals surface area contributed by atoms with Crippen molar-refractivity contribution in [3.63, 3.8) is 0 Å². The van der Waals surface area contributed by atoms with Crippen LogP contribution in [0.2, 0.25) is 0 Å². The van der Waals surface area contributed by atoms with Crippen LogP contribution in [0.1, 0.15) is 11.3 Å². The Morgan fingerprint density at radius 3 is 2.96 bits per heavy atom. The number of pyridine rings is 1. The van der Waals surface area contributed by atoms with Crippen LogP contribution in [0, 0.1) is 0 Å². The van der Waals surface area contributed by atoms with Crippen molar-refractivity contribution in [3.8, 4) is 11.5 Å². The number of benzene rings is 1. The molecular formula is C19H20BrN5O2. The summed E-state index contributed by atoms with van der Waals surface area (Å²) in [7, 11) is 1.76. The first-order valence-electron chi connectivity index (χ1n) is 8.67. The van der Waals surface area contributed by atoms with Crippen molar-refractivity contribution < 1.29 is 9.47 Å². The number of hydrogen-bond donors (Lipinski definition) is 2. The van der Waals surface area contributed by atoms with Crippen molar-refractivity contribution in [2.45, 2.75) is 13.0 Å². The summed E-state index contributed by atoms with van der Waals surface area (Å²) >= 11 is 3.47. The van der Waals surface area contributed by atoms with Gasteiger partial charge in [0.2, 0.25) is 6.79 Å². The number of nitrogens with zero attached hydrogens (tertiary/aromatic N) is 3. The second-order valence-corrected chi connectivity index (χ2v) is 7.05. The summed E-state index contributed by atoms with van der Waals surface area (Å²) in [6, 6.07) is 9.99. The van der Waals surface area contributed by atoms with E-state index in [0.717, 1.165) is 46.2 Å². The smallest absolute Gasteiger partial charge is 0.231 e. The summed E-state index contributed by atoms with van der Waals surface area (Å²) in [4.78, 5) is 8.86. The monoisotopic (exact) mass is 429 g/mol. The number of rotatable bonds is 5. The minimum atomic E-state index is 0.299. The zero-order chi connectivity index (χ0) is 18.6. The number of fused-ring (bicyclic) bond motifs is 2. The third-order valence-electron chi connectivity index (χ3n) is 4.27. The Bertz CT molecular complexity index is 985. The molecule has 1 aliphatic rings. The molecule has 2 aromatic heterocycles. The predicted octanol–water partition coefficient (Wildman–Crippen LogP) is 2.73. The summed E-state index contributed by atoms with van der Waals surface area (Å²) in [6.45, 7) is 1.66. The highest BCUT2D eigenvalue weighted by Gasteiger charge is 2.13. The number of imidazole rings is 1. The molecular weight excluding hydrogens is 410 g/mol. The quantitative estimate of drug-likeness (QED) is 0.481. The summed E-state index contributed by atoms with van der Waals surface area (Å²) in [5.41, 5.74) is 3.06. The Labute approximate surface area is 165 Å². The van der Waals surface area contributed by atoms with Crippen LogP contribution in [0.25, 0.3) is 5.65 Å². The fraction of sp³-hybridized carbons (Fsp3) is 0.263. The Morgan fingerprint density at radius 2 is 2.07 bits per heavy atom. The van der Waals surface area contributed by atoms with E-state index in [9.17, 15) is 0 Å².